The van der Waals surface area contributed by atoms with Crippen LogP contribution in [-0.2, 0) is 13.1 Å². The van der Waals surface area contributed by atoms with E-state index in [4.69, 9.17) is 23.2 Å². The molecule has 2 rings (SSSR count). The van der Waals surface area contributed by atoms with Crippen molar-refractivity contribution in [2.24, 2.45) is 0 Å². The van der Waals surface area contributed by atoms with Crippen molar-refractivity contribution in [3.05, 3.63) is 51.8 Å². The second-order valence-electron chi connectivity index (χ2n) is 4.01. The van der Waals surface area contributed by atoms with Crippen LogP contribution in [0.25, 0.3) is 0 Å². The van der Waals surface area contributed by atoms with Gasteiger partial charge in [0.1, 0.15) is 0 Å². The zero-order valence-corrected chi connectivity index (χ0v) is 11.9. The van der Waals surface area contributed by atoms with Crippen molar-refractivity contribution in [2.75, 3.05) is 0 Å². The molecule has 2 aromatic rings. The van der Waals surface area contributed by atoms with E-state index in [1.165, 1.54) is 0 Å². The molecule has 0 saturated heterocycles. The first kappa shape index (κ1) is 13.9. The lowest BCUT2D eigenvalue weighted by molar-refractivity contribution is 0.0951. The Hall–Kier alpha value is -1.52. The van der Waals surface area contributed by atoms with Crippen LogP contribution in [0, 0.1) is 0 Å². The zero-order valence-electron chi connectivity index (χ0n) is 10.4. The van der Waals surface area contributed by atoms with Gasteiger partial charge < -0.3 is 5.32 Å². The summed E-state index contributed by atoms with van der Waals surface area (Å²) in [5, 5.41) is 7.78. The number of aromatic nitrogens is 2. The van der Waals surface area contributed by atoms with E-state index in [9.17, 15) is 4.79 Å². The minimum absolute atomic E-state index is 0.231. The summed E-state index contributed by atoms with van der Waals surface area (Å²) in [6, 6.07) is 4.79. The van der Waals surface area contributed by atoms with Crippen molar-refractivity contribution < 1.29 is 4.79 Å². The molecule has 19 heavy (non-hydrogen) atoms. The van der Waals surface area contributed by atoms with Gasteiger partial charge in [-0.1, -0.05) is 23.2 Å². The first-order chi connectivity index (χ1) is 9.10. The molecule has 0 fully saturated rings. The number of halogens is 2. The fourth-order valence-electron chi connectivity index (χ4n) is 1.62. The minimum atomic E-state index is -0.231. The molecular formula is C13H13Cl2N3O. The number of aryl methyl sites for hydroxylation is 1. The summed E-state index contributed by atoms with van der Waals surface area (Å²) >= 11 is 11.8. The number of rotatable bonds is 4. The van der Waals surface area contributed by atoms with Crippen molar-refractivity contribution in [3.8, 4) is 0 Å². The van der Waals surface area contributed by atoms with Gasteiger partial charge in [-0.15, -0.1) is 0 Å². The molecule has 1 N–H and O–H groups in total. The number of carbonyl (C=O) groups excluding carboxylic acids is 1. The molecular weight excluding hydrogens is 285 g/mol. The monoisotopic (exact) mass is 297 g/mol. The Bertz CT molecular complexity index is 595. The summed E-state index contributed by atoms with van der Waals surface area (Å²) in [6.07, 6.45) is 3.62. The van der Waals surface area contributed by atoms with Gasteiger partial charge in [0.2, 0.25) is 0 Å². The highest BCUT2D eigenvalue weighted by molar-refractivity contribution is 6.36. The first-order valence-electron chi connectivity index (χ1n) is 5.84. The summed E-state index contributed by atoms with van der Waals surface area (Å²) in [5.41, 5.74) is 1.36. The molecule has 1 aromatic heterocycles. The molecule has 6 heteroatoms. The summed E-state index contributed by atoms with van der Waals surface area (Å²) in [7, 11) is 0. The van der Waals surface area contributed by atoms with Crippen LogP contribution in [0.3, 0.4) is 0 Å². The number of nitrogens with one attached hydrogen (secondary N) is 1. The fourth-order valence-corrected chi connectivity index (χ4v) is 2.12. The lowest BCUT2D eigenvalue weighted by Gasteiger charge is -2.05. The fraction of sp³-hybridized carbons (Fsp3) is 0.231. The number of benzene rings is 1. The van der Waals surface area contributed by atoms with Crippen molar-refractivity contribution in [1.82, 2.24) is 15.1 Å². The number of hydrogen-bond acceptors (Lipinski definition) is 2. The Labute approximate surface area is 121 Å². The van der Waals surface area contributed by atoms with E-state index in [0.29, 0.717) is 22.2 Å². The molecule has 0 aliphatic heterocycles. The van der Waals surface area contributed by atoms with Gasteiger partial charge in [-0.2, -0.15) is 5.10 Å². The maximum atomic E-state index is 12.0. The maximum Gasteiger partial charge on any atom is 0.253 e. The number of nitrogens with zero attached hydrogens (tertiary/aromatic N) is 2. The van der Waals surface area contributed by atoms with Crippen molar-refractivity contribution in [2.45, 2.75) is 20.0 Å². The lowest BCUT2D eigenvalue weighted by atomic mass is 10.2. The molecule has 1 aromatic carbocycles. The largest absolute Gasteiger partial charge is 0.348 e. The third-order valence-electron chi connectivity index (χ3n) is 2.64. The Morgan fingerprint density at radius 1 is 1.42 bits per heavy atom. The van der Waals surface area contributed by atoms with Gasteiger partial charge in [-0.3, -0.25) is 9.48 Å². The number of hydrogen-bond donors (Lipinski definition) is 1. The maximum absolute atomic E-state index is 12.0. The Balaban J connectivity index is 2.01. The smallest absolute Gasteiger partial charge is 0.253 e. The minimum Gasteiger partial charge on any atom is -0.348 e. The van der Waals surface area contributed by atoms with Crippen LogP contribution in [0.2, 0.25) is 10.0 Å². The number of carbonyl (C=O) groups is 1. The van der Waals surface area contributed by atoms with Crippen LogP contribution < -0.4 is 5.32 Å². The van der Waals surface area contributed by atoms with Crippen LogP contribution in [0.4, 0.5) is 0 Å². The molecule has 100 valence electrons. The predicted molar refractivity (Wildman–Crippen MR) is 75.5 cm³/mol. The second-order valence-corrected chi connectivity index (χ2v) is 4.85. The molecule has 0 bridgehead atoms. The van der Waals surface area contributed by atoms with Gasteiger partial charge >= 0.3 is 0 Å². The third kappa shape index (κ3) is 3.49. The van der Waals surface area contributed by atoms with Gasteiger partial charge in [-0.25, -0.2) is 0 Å². The van der Waals surface area contributed by atoms with Crippen LogP contribution in [0.1, 0.15) is 22.8 Å². The van der Waals surface area contributed by atoms with Gasteiger partial charge in [-0.05, 0) is 25.1 Å². The number of amides is 1. The molecule has 0 atom stereocenters. The summed E-state index contributed by atoms with van der Waals surface area (Å²) < 4.78 is 1.80. The van der Waals surface area contributed by atoms with E-state index < -0.39 is 0 Å². The van der Waals surface area contributed by atoms with E-state index in [-0.39, 0.29) is 5.91 Å². The van der Waals surface area contributed by atoms with Crippen LogP contribution in [0.5, 0.6) is 0 Å². The first-order valence-corrected chi connectivity index (χ1v) is 6.60. The third-order valence-corrected chi connectivity index (χ3v) is 3.19. The Kier molecular flexibility index (Phi) is 4.45. The SMILES string of the molecule is CCn1cc(CNC(=O)c2ccc(Cl)cc2Cl)cn1. The van der Waals surface area contributed by atoms with E-state index in [1.807, 2.05) is 13.1 Å². The summed E-state index contributed by atoms with van der Waals surface area (Å²) in [6.45, 7) is 3.22. The van der Waals surface area contributed by atoms with Crippen molar-refractivity contribution >= 4 is 29.1 Å². The van der Waals surface area contributed by atoms with Gasteiger partial charge in [0.15, 0.2) is 0 Å². The molecule has 0 saturated carbocycles. The quantitative estimate of drug-likeness (QED) is 0.942. The molecule has 1 amide bonds. The van der Waals surface area contributed by atoms with Gasteiger partial charge in [0.25, 0.3) is 5.91 Å². The molecule has 0 aliphatic carbocycles. The zero-order chi connectivity index (χ0) is 13.8. The van der Waals surface area contributed by atoms with Gasteiger partial charge in [0.05, 0.1) is 16.8 Å². The average molecular weight is 298 g/mol. The van der Waals surface area contributed by atoms with Crippen LogP contribution in [0.15, 0.2) is 30.6 Å². The second kappa shape index (κ2) is 6.08. The highest BCUT2D eigenvalue weighted by atomic mass is 35.5. The Morgan fingerprint density at radius 3 is 2.84 bits per heavy atom. The normalized spacial score (nSPS) is 10.5. The molecule has 0 unspecified atom stereocenters. The van der Waals surface area contributed by atoms with Crippen LogP contribution in [-0.4, -0.2) is 15.7 Å². The molecule has 0 radical (unpaired) electrons. The Morgan fingerprint density at radius 2 is 2.21 bits per heavy atom. The highest BCUT2D eigenvalue weighted by Crippen LogP contribution is 2.20. The van der Waals surface area contributed by atoms with E-state index in [0.717, 1.165) is 12.1 Å². The highest BCUT2D eigenvalue weighted by Gasteiger charge is 2.10. The lowest BCUT2D eigenvalue weighted by Crippen LogP contribution is -2.22. The van der Waals surface area contributed by atoms with Crippen molar-refractivity contribution in [3.63, 3.8) is 0 Å². The van der Waals surface area contributed by atoms with Crippen LogP contribution >= 0.6 is 23.2 Å². The van der Waals surface area contributed by atoms with E-state index in [1.54, 1.807) is 29.1 Å². The summed E-state index contributed by atoms with van der Waals surface area (Å²) in [5.74, 6) is -0.231. The molecule has 1 heterocycles. The van der Waals surface area contributed by atoms with E-state index in [2.05, 4.69) is 10.4 Å². The standard InChI is InChI=1S/C13H13Cl2N3O/c1-2-18-8-9(7-17-18)6-16-13(19)11-4-3-10(14)5-12(11)15/h3-5,7-8H,2,6H2,1H3,(H,16,19). The average Bonchev–Trinajstić information content (AvgIpc) is 2.84. The topological polar surface area (TPSA) is 46.9 Å². The van der Waals surface area contributed by atoms with Gasteiger partial charge in [0, 0.05) is 29.9 Å². The van der Waals surface area contributed by atoms with E-state index >= 15 is 0 Å². The molecule has 4 nitrogen and oxygen atoms in total. The predicted octanol–water partition coefficient (Wildman–Crippen LogP) is 3.14. The van der Waals surface area contributed by atoms with Crippen molar-refractivity contribution in [1.29, 1.82) is 0 Å². The molecule has 0 aliphatic rings. The summed E-state index contributed by atoms with van der Waals surface area (Å²) in [4.78, 5) is 12.0. The molecule has 0 spiro atoms.